The van der Waals surface area contributed by atoms with E-state index in [4.69, 9.17) is 9.79 Å². The summed E-state index contributed by atoms with van der Waals surface area (Å²) < 4.78 is 22.3. The molecule has 1 unspecified atom stereocenters. The minimum Gasteiger partial charge on any atom is -0.799 e. The van der Waals surface area contributed by atoms with Gasteiger partial charge in [-0.1, -0.05) is 12.8 Å². The quantitative estimate of drug-likeness (QED) is 0.384. The molecule has 0 radical (unpaired) electrons. The second-order valence-electron chi connectivity index (χ2n) is 3.55. The Hall–Kier alpha value is 2.26. The average molecular weight is 303 g/mol. The fraction of sp³-hybridized carbons (Fsp3) is 1.00. The van der Waals surface area contributed by atoms with Crippen LogP contribution in [0, 0.1) is 0 Å². The number of hydrogen-bond acceptors (Lipinski definition) is 4. The van der Waals surface area contributed by atoms with Crippen LogP contribution in [0.4, 0.5) is 0 Å². The van der Waals surface area contributed by atoms with E-state index in [1.54, 1.807) is 0 Å². The monoisotopic (exact) mass is 303 g/mol. The first-order chi connectivity index (χ1) is 6.73. The van der Waals surface area contributed by atoms with Crippen LogP contribution >= 0.6 is 15.3 Å². The van der Waals surface area contributed by atoms with E-state index in [0.717, 1.165) is 0 Å². The largest absolute Gasteiger partial charge is 1.00 e. The molecule has 17 heavy (non-hydrogen) atoms. The molecular formula is C6H13NNa2O6P2. The third-order valence-electron chi connectivity index (χ3n) is 2.40. The molecule has 1 fully saturated rings. The molecular weight excluding hydrogens is 290 g/mol. The predicted octanol–water partition coefficient (Wildman–Crippen LogP) is -6.80. The normalized spacial score (nSPS) is 23.2. The van der Waals surface area contributed by atoms with Crippen molar-refractivity contribution < 1.29 is 87.8 Å². The molecule has 1 rings (SSSR count). The third-order valence-corrected chi connectivity index (χ3v) is 5.00. The predicted molar refractivity (Wildman–Crippen MR) is 48.6 cm³/mol. The van der Waals surface area contributed by atoms with Crippen LogP contribution in [0.15, 0.2) is 0 Å². The van der Waals surface area contributed by atoms with Crippen molar-refractivity contribution in [1.29, 1.82) is 0 Å². The molecule has 0 aromatic heterocycles. The van der Waals surface area contributed by atoms with Gasteiger partial charge in [0, 0.05) is 14.3 Å². The Morgan fingerprint density at radius 2 is 1.59 bits per heavy atom. The summed E-state index contributed by atoms with van der Waals surface area (Å²) in [5.41, 5.74) is 0. The Balaban J connectivity index is 0. The van der Waals surface area contributed by atoms with Crippen LogP contribution in [-0.2, 0) is 9.13 Å². The Bertz CT molecular complexity index is 288. The summed E-state index contributed by atoms with van der Waals surface area (Å²) in [6.45, 7) is -0.0972. The summed E-state index contributed by atoms with van der Waals surface area (Å²) in [5, 5.41) is 0. The van der Waals surface area contributed by atoms with Gasteiger partial charge in [0.05, 0.1) is 0 Å². The molecule has 1 heterocycles. The van der Waals surface area contributed by atoms with Crippen LogP contribution in [0.1, 0.15) is 25.7 Å². The number of rotatable bonds is 2. The van der Waals surface area contributed by atoms with Gasteiger partial charge in [-0.15, -0.1) is 0 Å². The van der Waals surface area contributed by atoms with Crippen molar-refractivity contribution in [1.82, 2.24) is 4.67 Å². The van der Waals surface area contributed by atoms with Crippen molar-refractivity contribution in [3.63, 3.8) is 0 Å². The zero-order valence-electron chi connectivity index (χ0n) is 9.98. The molecule has 0 aliphatic carbocycles. The third kappa shape index (κ3) is 7.00. The fourth-order valence-corrected chi connectivity index (χ4v) is 4.30. The van der Waals surface area contributed by atoms with Crippen molar-refractivity contribution >= 4 is 15.3 Å². The summed E-state index contributed by atoms with van der Waals surface area (Å²) in [6.07, 6.45) is 1.70. The van der Waals surface area contributed by atoms with E-state index in [-0.39, 0.29) is 72.1 Å². The van der Waals surface area contributed by atoms with Crippen LogP contribution in [0.25, 0.3) is 0 Å². The van der Waals surface area contributed by atoms with Crippen molar-refractivity contribution in [2.24, 2.45) is 0 Å². The molecule has 0 aromatic carbocycles. The molecule has 1 atom stereocenters. The van der Waals surface area contributed by atoms with E-state index >= 15 is 0 Å². The fourth-order valence-electron chi connectivity index (χ4n) is 1.70. The van der Waals surface area contributed by atoms with Crippen molar-refractivity contribution in [2.45, 2.75) is 31.5 Å². The Morgan fingerprint density at radius 3 is 2.00 bits per heavy atom. The molecule has 0 amide bonds. The minimum atomic E-state index is -5.08. The molecule has 0 aromatic rings. The zero-order valence-corrected chi connectivity index (χ0v) is 15.8. The van der Waals surface area contributed by atoms with Gasteiger partial charge in [0.15, 0.2) is 0 Å². The van der Waals surface area contributed by atoms with Gasteiger partial charge in [0.2, 0.25) is 0 Å². The topological polar surface area (TPSA) is 124 Å². The Labute approximate surface area is 144 Å². The van der Waals surface area contributed by atoms with Crippen molar-refractivity contribution in [3.05, 3.63) is 0 Å². The summed E-state index contributed by atoms with van der Waals surface area (Å²) in [5.74, 6) is -1.47. The van der Waals surface area contributed by atoms with E-state index in [1.165, 1.54) is 0 Å². The maximum Gasteiger partial charge on any atom is 1.00 e. The molecule has 1 aliphatic rings. The van der Waals surface area contributed by atoms with Crippen molar-refractivity contribution in [2.75, 3.05) is 6.54 Å². The van der Waals surface area contributed by atoms with Gasteiger partial charge in [0.1, 0.15) is 5.78 Å². The maximum absolute atomic E-state index is 11.1. The van der Waals surface area contributed by atoms with Gasteiger partial charge in [-0.3, -0.25) is 9.24 Å². The van der Waals surface area contributed by atoms with Gasteiger partial charge in [-0.05, 0) is 12.8 Å². The zero-order chi connectivity index (χ0) is 11.7. The summed E-state index contributed by atoms with van der Waals surface area (Å²) >= 11 is 0. The maximum atomic E-state index is 11.1. The summed E-state index contributed by atoms with van der Waals surface area (Å²) in [7, 11) is -9.65. The van der Waals surface area contributed by atoms with Crippen LogP contribution in [0.2, 0.25) is 0 Å². The van der Waals surface area contributed by atoms with E-state index in [9.17, 15) is 18.9 Å². The second kappa shape index (κ2) is 8.53. The molecule has 11 heteroatoms. The minimum absolute atomic E-state index is 0. The number of nitrogens with zero attached hydrogens (tertiary/aromatic N) is 1. The van der Waals surface area contributed by atoms with Gasteiger partial charge in [-0.2, -0.15) is 0 Å². The second-order valence-corrected chi connectivity index (χ2v) is 6.78. The summed E-state index contributed by atoms with van der Waals surface area (Å²) in [4.78, 5) is 39.6. The van der Waals surface area contributed by atoms with Crippen LogP contribution in [0.3, 0.4) is 0 Å². The van der Waals surface area contributed by atoms with E-state index < -0.39 is 21.1 Å². The van der Waals surface area contributed by atoms with Crippen LogP contribution < -0.4 is 68.9 Å². The Kier molecular flexibility index (Phi) is 10.8. The molecule has 90 valence electrons. The SMILES string of the molecule is O=P(O)(O)C1CCCCCN1P(=O)([O-])[O-].[Na+].[Na+]. The first-order valence-electron chi connectivity index (χ1n) is 4.57. The van der Waals surface area contributed by atoms with E-state index in [1.807, 2.05) is 0 Å². The average Bonchev–Trinajstić information content (AvgIpc) is 2.24. The molecule has 1 aliphatic heterocycles. The van der Waals surface area contributed by atoms with Gasteiger partial charge in [0.25, 0.3) is 0 Å². The molecule has 1 saturated heterocycles. The smallest absolute Gasteiger partial charge is 0.799 e. The first kappa shape index (κ1) is 21.6. The molecule has 0 saturated carbocycles. The Morgan fingerprint density at radius 1 is 1.06 bits per heavy atom. The van der Waals surface area contributed by atoms with Gasteiger partial charge >= 0.3 is 66.7 Å². The number of hydrogen-bond donors (Lipinski definition) is 2. The molecule has 7 nitrogen and oxygen atoms in total. The first-order valence-corrected chi connectivity index (χ1v) is 7.75. The van der Waals surface area contributed by atoms with Gasteiger partial charge in [-0.25, -0.2) is 0 Å². The standard InChI is InChI=1S/C6H15NO6P2.2Na/c8-14(9,10)6-4-2-1-3-5-7(6)15(11,12)13;;/h6H,1-5H2,(H2,8,9,10)(H2,11,12,13);;/q;2*+1/p-2. The van der Waals surface area contributed by atoms with Gasteiger partial charge < -0.3 is 24.1 Å². The molecule has 0 spiro atoms. The summed E-state index contributed by atoms with van der Waals surface area (Å²) in [6, 6.07) is 0. The van der Waals surface area contributed by atoms with E-state index in [2.05, 4.69) is 0 Å². The van der Waals surface area contributed by atoms with Crippen molar-refractivity contribution in [3.8, 4) is 0 Å². The van der Waals surface area contributed by atoms with Crippen LogP contribution in [0.5, 0.6) is 0 Å². The van der Waals surface area contributed by atoms with Crippen LogP contribution in [-0.4, -0.2) is 26.8 Å². The molecule has 2 N–H and O–H groups in total. The van der Waals surface area contributed by atoms with E-state index in [0.29, 0.717) is 23.9 Å². The molecule has 0 bridgehead atoms.